The van der Waals surface area contributed by atoms with Crippen molar-refractivity contribution >= 4 is 11.2 Å². The van der Waals surface area contributed by atoms with Crippen LogP contribution >= 0.6 is 0 Å². The van der Waals surface area contributed by atoms with E-state index in [1.165, 1.54) is 6.33 Å². The summed E-state index contributed by atoms with van der Waals surface area (Å²) in [5.74, 6) is 1.21. The SMILES string of the molecule is Cc1nc2nc(-c3ncnn3-c3c(C)cccc3C)[c-]cc2o1.[Ir]. The second-order valence-corrected chi connectivity index (χ2v) is 5.41. The first kappa shape index (κ1) is 16.5. The van der Waals surface area contributed by atoms with Gasteiger partial charge in [-0.25, -0.2) is 4.98 Å². The number of rotatable bonds is 2. The van der Waals surface area contributed by atoms with Gasteiger partial charge in [-0.1, -0.05) is 18.2 Å². The van der Waals surface area contributed by atoms with Gasteiger partial charge in [-0.05, 0) is 30.7 Å². The first-order chi connectivity index (χ1) is 11.1. The van der Waals surface area contributed by atoms with E-state index in [1.807, 2.05) is 6.07 Å². The van der Waals surface area contributed by atoms with Crippen LogP contribution in [0.1, 0.15) is 17.0 Å². The molecule has 0 unspecified atom stereocenters. The maximum atomic E-state index is 5.45. The monoisotopic (exact) mass is 497 g/mol. The molecule has 0 fully saturated rings. The number of nitrogens with zero attached hydrogens (tertiary/aromatic N) is 5. The van der Waals surface area contributed by atoms with Gasteiger partial charge in [-0.3, -0.25) is 14.6 Å². The first-order valence-electron chi connectivity index (χ1n) is 7.26. The molecule has 0 N–H and O–H groups in total. The van der Waals surface area contributed by atoms with E-state index in [9.17, 15) is 0 Å². The molecule has 24 heavy (non-hydrogen) atoms. The summed E-state index contributed by atoms with van der Waals surface area (Å²) < 4.78 is 7.24. The van der Waals surface area contributed by atoms with Crippen molar-refractivity contribution in [3.05, 3.63) is 53.7 Å². The Bertz CT molecular complexity index is 1000. The zero-order chi connectivity index (χ0) is 16.0. The summed E-state index contributed by atoms with van der Waals surface area (Å²) in [5, 5.41) is 4.37. The third-order valence-electron chi connectivity index (χ3n) is 3.71. The molecule has 4 aromatic rings. The quantitative estimate of drug-likeness (QED) is 0.399. The van der Waals surface area contributed by atoms with Crippen LogP contribution in [0, 0.1) is 26.8 Å². The molecule has 0 saturated heterocycles. The summed E-state index contributed by atoms with van der Waals surface area (Å²) in [5.41, 5.74) is 5.00. The molecule has 1 radical (unpaired) electrons. The van der Waals surface area contributed by atoms with Crippen molar-refractivity contribution in [1.82, 2.24) is 24.7 Å². The van der Waals surface area contributed by atoms with Crippen molar-refractivity contribution in [2.75, 3.05) is 0 Å². The molecule has 0 amide bonds. The van der Waals surface area contributed by atoms with Crippen LogP contribution in [0.15, 0.2) is 35.0 Å². The number of pyridine rings is 1. The number of para-hydroxylation sites is 1. The predicted molar refractivity (Wildman–Crippen MR) is 85.2 cm³/mol. The smallest absolute Gasteiger partial charge is 0.179 e. The maximum Gasteiger partial charge on any atom is 0.179 e. The molecule has 0 aliphatic carbocycles. The van der Waals surface area contributed by atoms with Crippen LogP contribution in [-0.2, 0) is 20.1 Å². The summed E-state index contributed by atoms with van der Waals surface area (Å²) in [6, 6.07) is 11.0. The van der Waals surface area contributed by atoms with Gasteiger partial charge in [0.25, 0.3) is 0 Å². The molecule has 1 aromatic carbocycles. The van der Waals surface area contributed by atoms with E-state index >= 15 is 0 Å². The van der Waals surface area contributed by atoms with E-state index in [-0.39, 0.29) is 20.1 Å². The van der Waals surface area contributed by atoms with Crippen molar-refractivity contribution in [2.24, 2.45) is 0 Å². The number of aromatic nitrogens is 5. The van der Waals surface area contributed by atoms with Gasteiger partial charge < -0.3 is 4.42 Å². The average molecular weight is 497 g/mol. The molecule has 3 aromatic heterocycles. The third-order valence-corrected chi connectivity index (χ3v) is 3.71. The number of aryl methyl sites for hydroxylation is 3. The Morgan fingerprint density at radius 1 is 1.08 bits per heavy atom. The molecule has 0 saturated carbocycles. The number of hydrogen-bond donors (Lipinski definition) is 0. The second-order valence-electron chi connectivity index (χ2n) is 5.41. The normalized spacial score (nSPS) is 10.8. The molecule has 0 bridgehead atoms. The Morgan fingerprint density at radius 3 is 2.58 bits per heavy atom. The summed E-state index contributed by atoms with van der Waals surface area (Å²) in [6.45, 7) is 5.89. The van der Waals surface area contributed by atoms with Gasteiger partial charge in [0.15, 0.2) is 5.89 Å². The van der Waals surface area contributed by atoms with Crippen molar-refractivity contribution in [2.45, 2.75) is 20.8 Å². The van der Waals surface area contributed by atoms with E-state index in [0.29, 0.717) is 28.6 Å². The van der Waals surface area contributed by atoms with Crippen molar-refractivity contribution in [1.29, 1.82) is 0 Å². The third kappa shape index (κ3) is 2.66. The van der Waals surface area contributed by atoms with Crippen molar-refractivity contribution < 1.29 is 24.5 Å². The van der Waals surface area contributed by atoms with Gasteiger partial charge in [0.2, 0.25) is 0 Å². The first-order valence-corrected chi connectivity index (χ1v) is 7.26. The molecule has 0 spiro atoms. The number of oxazole rings is 1. The van der Waals surface area contributed by atoms with Crippen LogP contribution in [0.3, 0.4) is 0 Å². The van der Waals surface area contributed by atoms with Crippen LogP contribution in [0.4, 0.5) is 0 Å². The van der Waals surface area contributed by atoms with Crippen molar-refractivity contribution in [3.8, 4) is 17.2 Å². The molecule has 0 atom stereocenters. The Hall–Kier alpha value is -2.37. The Labute approximate surface area is 152 Å². The van der Waals surface area contributed by atoms with E-state index in [1.54, 1.807) is 17.7 Å². The van der Waals surface area contributed by atoms with Crippen LogP contribution in [0.2, 0.25) is 0 Å². The zero-order valence-electron chi connectivity index (χ0n) is 13.4. The van der Waals surface area contributed by atoms with Crippen molar-refractivity contribution in [3.63, 3.8) is 0 Å². The van der Waals surface area contributed by atoms with Gasteiger partial charge >= 0.3 is 0 Å². The zero-order valence-corrected chi connectivity index (χ0v) is 15.8. The maximum absolute atomic E-state index is 5.45. The molecule has 6 nitrogen and oxygen atoms in total. The fourth-order valence-corrected chi connectivity index (χ4v) is 2.70. The van der Waals surface area contributed by atoms with Gasteiger partial charge in [-0.2, -0.15) is 5.10 Å². The summed E-state index contributed by atoms with van der Waals surface area (Å²) in [7, 11) is 0. The average Bonchev–Trinajstić information content (AvgIpc) is 3.11. The number of benzene rings is 1. The molecule has 0 aliphatic rings. The molecule has 4 rings (SSSR count). The van der Waals surface area contributed by atoms with Crippen LogP contribution < -0.4 is 0 Å². The number of hydrogen-bond acceptors (Lipinski definition) is 5. The van der Waals surface area contributed by atoms with Crippen LogP contribution in [-0.4, -0.2) is 24.7 Å². The summed E-state index contributed by atoms with van der Waals surface area (Å²) in [6.07, 6.45) is 1.52. The Morgan fingerprint density at radius 2 is 1.83 bits per heavy atom. The van der Waals surface area contributed by atoms with E-state index in [2.05, 4.69) is 52.1 Å². The van der Waals surface area contributed by atoms with Gasteiger partial charge in [-0.15, -0.1) is 12.1 Å². The molecule has 0 aliphatic heterocycles. The van der Waals surface area contributed by atoms with E-state index in [4.69, 9.17) is 4.42 Å². The summed E-state index contributed by atoms with van der Waals surface area (Å²) in [4.78, 5) is 13.1. The minimum absolute atomic E-state index is 0. The molecule has 3 heterocycles. The fraction of sp³-hybridized carbons (Fsp3) is 0.176. The van der Waals surface area contributed by atoms with Crippen LogP contribution in [0.5, 0.6) is 0 Å². The topological polar surface area (TPSA) is 69.6 Å². The minimum atomic E-state index is 0. The molecule has 7 heteroatoms. The number of fused-ring (bicyclic) bond motifs is 1. The minimum Gasteiger partial charge on any atom is -0.501 e. The largest absolute Gasteiger partial charge is 0.501 e. The predicted octanol–water partition coefficient (Wildman–Crippen LogP) is 3.19. The molecular weight excluding hydrogens is 482 g/mol. The van der Waals surface area contributed by atoms with Gasteiger partial charge in [0.1, 0.15) is 12.0 Å². The second kappa shape index (κ2) is 6.26. The fourth-order valence-electron chi connectivity index (χ4n) is 2.70. The standard InChI is InChI=1S/C17H14N5O.Ir/c1-10-5-4-6-11(2)15(10)22-17(18-9-19-22)13-7-8-14-16(21-13)20-12(3)23-14;/h4-6,8-9H,1-3H3;/q-1;. The van der Waals surface area contributed by atoms with E-state index in [0.717, 1.165) is 16.8 Å². The van der Waals surface area contributed by atoms with Crippen LogP contribution in [0.25, 0.3) is 28.4 Å². The Balaban J connectivity index is 0.00000169. The summed E-state index contributed by atoms with van der Waals surface area (Å²) >= 11 is 0. The molecular formula is C17H14IrN5O-. The Kier molecular flexibility index (Phi) is 4.30. The van der Waals surface area contributed by atoms with E-state index < -0.39 is 0 Å². The molecule has 123 valence electrons. The van der Waals surface area contributed by atoms with Gasteiger partial charge in [0, 0.05) is 27.0 Å². The van der Waals surface area contributed by atoms with Gasteiger partial charge in [0.05, 0.1) is 17.1 Å².